The van der Waals surface area contributed by atoms with E-state index in [1.807, 2.05) is 0 Å². The maximum atomic E-state index is 11.4. The van der Waals surface area contributed by atoms with Gasteiger partial charge in [0.05, 0.1) is 12.7 Å². The quantitative estimate of drug-likeness (QED) is 0.519. The summed E-state index contributed by atoms with van der Waals surface area (Å²) in [6.45, 7) is 0.260. The molecule has 0 aromatic carbocycles. The van der Waals surface area contributed by atoms with Crippen LogP contribution < -0.4 is 10.7 Å². The lowest BCUT2D eigenvalue weighted by molar-refractivity contribution is -0.665. The number of carbonyl (C=O) groups excluding carboxylic acids is 1. The molecule has 0 bridgehead atoms. The third-order valence-electron chi connectivity index (χ3n) is 2.47. The minimum absolute atomic E-state index is 0.0671. The number of halogens is 1. The second-order valence-electron chi connectivity index (χ2n) is 3.76. The number of urea groups is 1. The van der Waals surface area contributed by atoms with Crippen LogP contribution in [0.25, 0.3) is 5.43 Å². The van der Waals surface area contributed by atoms with Crippen molar-refractivity contribution < 1.29 is 22.7 Å². The van der Waals surface area contributed by atoms with Crippen LogP contribution >= 0.6 is 23.0 Å². The van der Waals surface area contributed by atoms with Gasteiger partial charge in [-0.1, -0.05) is 0 Å². The molecule has 18 heavy (non-hydrogen) atoms. The number of aliphatic imine (C=N–C) groups is 2. The fourth-order valence-electron chi connectivity index (χ4n) is 1.62. The maximum absolute atomic E-state index is 11.4. The average Bonchev–Trinajstić information content (AvgIpc) is 2.64. The Bertz CT molecular complexity index is 390. The number of amides is 2. The van der Waals surface area contributed by atoms with Crippen molar-refractivity contribution in [2.75, 3.05) is 6.61 Å². The zero-order valence-corrected chi connectivity index (χ0v) is 11.4. The SMILES string of the molecule is NC1=NC(=O)[NH+]([N-]C2C[C@H](O)[C@@H](COI)O2)C=N1. The zero-order chi connectivity index (χ0) is 13.1. The summed E-state index contributed by atoms with van der Waals surface area (Å²) >= 11 is 1.72. The summed E-state index contributed by atoms with van der Waals surface area (Å²) in [5, 5.41) is 9.75. The summed E-state index contributed by atoms with van der Waals surface area (Å²) in [6, 6.07) is -0.561. The highest BCUT2D eigenvalue weighted by atomic mass is 127. The zero-order valence-electron chi connectivity index (χ0n) is 9.19. The number of rotatable bonds is 4. The van der Waals surface area contributed by atoms with E-state index < -0.39 is 24.5 Å². The molecule has 0 aliphatic carbocycles. The highest BCUT2D eigenvalue weighted by molar-refractivity contribution is 14.1. The molecule has 1 fully saturated rings. The van der Waals surface area contributed by atoms with E-state index in [-0.39, 0.29) is 17.6 Å². The van der Waals surface area contributed by atoms with E-state index >= 15 is 0 Å². The van der Waals surface area contributed by atoms with Gasteiger partial charge in [0.2, 0.25) is 5.96 Å². The first kappa shape index (κ1) is 13.8. The fourth-order valence-corrected chi connectivity index (χ4v) is 1.97. The van der Waals surface area contributed by atoms with Gasteiger partial charge < -0.3 is 24.1 Å². The van der Waals surface area contributed by atoms with Crippen LogP contribution in [0.3, 0.4) is 0 Å². The molecule has 2 heterocycles. The molecule has 9 nitrogen and oxygen atoms in total. The van der Waals surface area contributed by atoms with Crippen LogP contribution in [0.2, 0.25) is 0 Å². The molecule has 0 spiro atoms. The number of hydrogen-bond acceptors (Lipinski definition) is 6. The molecule has 0 aromatic rings. The first-order chi connectivity index (χ1) is 8.60. The van der Waals surface area contributed by atoms with E-state index in [4.69, 9.17) is 13.5 Å². The normalized spacial score (nSPS) is 35.9. The fraction of sp³-hybridized carbons (Fsp3) is 0.625. The Morgan fingerprint density at radius 2 is 2.56 bits per heavy atom. The van der Waals surface area contributed by atoms with Gasteiger partial charge in [0, 0.05) is 6.23 Å². The third-order valence-corrected chi connectivity index (χ3v) is 2.83. The van der Waals surface area contributed by atoms with E-state index in [2.05, 4.69) is 15.4 Å². The number of nitrogens with zero attached hydrogens (tertiary/aromatic N) is 3. The Kier molecular flexibility index (Phi) is 4.58. The van der Waals surface area contributed by atoms with Crippen molar-refractivity contribution in [1.29, 1.82) is 0 Å². The van der Waals surface area contributed by atoms with Crippen molar-refractivity contribution in [2.45, 2.75) is 24.9 Å². The Morgan fingerprint density at radius 1 is 1.78 bits per heavy atom. The predicted octanol–water partition coefficient (Wildman–Crippen LogP) is -1.52. The van der Waals surface area contributed by atoms with Crippen LogP contribution in [0.15, 0.2) is 9.98 Å². The molecule has 4 atom stereocenters. The van der Waals surface area contributed by atoms with Gasteiger partial charge in [-0.05, 0) is 6.42 Å². The van der Waals surface area contributed by atoms with Gasteiger partial charge in [-0.15, -0.1) is 4.99 Å². The summed E-state index contributed by atoms with van der Waals surface area (Å²) in [5.41, 5.74) is 9.32. The van der Waals surface area contributed by atoms with Crippen LogP contribution in [0.5, 0.6) is 0 Å². The maximum Gasteiger partial charge on any atom is 0.440 e. The first-order valence-corrected chi connectivity index (χ1v) is 6.05. The lowest BCUT2D eigenvalue weighted by Gasteiger charge is -2.29. The standard InChI is InChI=1S/C8H12IN5O4/c9-17-2-5-4(15)1-6(18-5)13-14-3-11-7(10)12-8(14)16/h3-6,14-15H,1-2H2,(H2,10,12,16)/t4-,5+,6?/m0/s1. The van der Waals surface area contributed by atoms with Crippen molar-refractivity contribution in [1.82, 2.24) is 0 Å². The van der Waals surface area contributed by atoms with Gasteiger partial charge in [0.1, 0.15) is 29.1 Å². The third kappa shape index (κ3) is 3.21. The molecule has 2 unspecified atom stereocenters. The Labute approximate surface area is 117 Å². The van der Waals surface area contributed by atoms with Crippen molar-refractivity contribution in [3.05, 3.63) is 5.43 Å². The largest absolute Gasteiger partial charge is 0.440 e. The van der Waals surface area contributed by atoms with E-state index in [1.54, 1.807) is 23.0 Å². The molecule has 1 saturated heterocycles. The molecule has 100 valence electrons. The highest BCUT2D eigenvalue weighted by Gasteiger charge is 2.32. The van der Waals surface area contributed by atoms with Crippen molar-refractivity contribution in [2.24, 2.45) is 15.7 Å². The molecule has 0 aromatic heterocycles. The molecule has 10 heteroatoms. The highest BCUT2D eigenvalue weighted by Crippen LogP contribution is 2.23. The van der Waals surface area contributed by atoms with Gasteiger partial charge >= 0.3 is 6.03 Å². The summed E-state index contributed by atoms with van der Waals surface area (Å²) in [6.07, 6.45) is -0.174. The Balaban J connectivity index is 1.88. The molecule has 0 saturated carbocycles. The smallest absolute Gasteiger partial charge is 0.411 e. The van der Waals surface area contributed by atoms with Crippen LogP contribution in [0, 0.1) is 0 Å². The van der Waals surface area contributed by atoms with E-state index in [9.17, 15) is 9.90 Å². The summed E-state index contributed by atoms with van der Waals surface area (Å²) < 4.78 is 10.3. The Hall–Kier alpha value is -0.660. The van der Waals surface area contributed by atoms with Gasteiger partial charge in [-0.3, -0.25) is 5.01 Å². The molecule has 2 aliphatic rings. The number of aliphatic hydroxyl groups is 1. The number of carbonyl (C=O) groups is 1. The number of guanidine groups is 1. The van der Waals surface area contributed by atoms with Crippen LogP contribution in [0.4, 0.5) is 4.79 Å². The first-order valence-electron chi connectivity index (χ1n) is 5.17. The topological polar surface area (TPSA) is 125 Å². The number of ether oxygens (including phenoxy) is 1. The number of quaternary nitrogens is 1. The van der Waals surface area contributed by atoms with Gasteiger partial charge in [-0.2, -0.15) is 4.99 Å². The molecule has 2 amide bonds. The molecule has 2 aliphatic heterocycles. The number of hydrogen-bond donors (Lipinski definition) is 3. The monoisotopic (exact) mass is 369 g/mol. The predicted molar refractivity (Wildman–Crippen MR) is 69.1 cm³/mol. The molecule has 4 N–H and O–H groups in total. The second kappa shape index (κ2) is 5.99. The summed E-state index contributed by atoms with van der Waals surface area (Å²) in [4.78, 5) is 18.6. The number of nitrogens with one attached hydrogen (secondary N) is 1. The minimum atomic E-state index is -0.668. The van der Waals surface area contributed by atoms with Crippen LogP contribution in [0.1, 0.15) is 6.42 Å². The van der Waals surface area contributed by atoms with Gasteiger partial charge in [0.15, 0.2) is 6.34 Å². The van der Waals surface area contributed by atoms with E-state index in [0.717, 1.165) is 0 Å². The molecule has 0 radical (unpaired) electrons. The van der Waals surface area contributed by atoms with E-state index in [0.29, 0.717) is 6.42 Å². The molecular formula is C8H12IN5O4. The average molecular weight is 369 g/mol. The molecule has 2 rings (SSSR count). The van der Waals surface area contributed by atoms with Crippen LogP contribution in [-0.4, -0.2) is 48.5 Å². The Morgan fingerprint density at radius 3 is 3.22 bits per heavy atom. The van der Waals surface area contributed by atoms with E-state index in [1.165, 1.54) is 6.34 Å². The minimum Gasteiger partial charge on any atom is -0.411 e. The summed E-state index contributed by atoms with van der Waals surface area (Å²) in [5.74, 6) is -0.0949. The lowest BCUT2D eigenvalue weighted by Crippen LogP contribution is -3.10. The van der Waals surface area contributed by atoms with Crippen molar-refractivity contribution in [3.63, 3.8) is 0 Å². The van der Waals surface area contributed by atoms with Crippen molar-refractivity contribution >= 4 is 41.3 Å². The summed E-state index contributed by atoms with van der Waals surface area (Å²) in [7, 11) is 0. The molecular weight excluding hydrogens is 357 g/mol. The lowest BCUT2D eigenvalue weighted by atomic mass is 10.2. The van der Waals surface area contributed by atoms with Gasteiger partial charge in [0.25, 0.3) is 0 Å². The van der Waals surface area contributed by atoms with Crippen molar-refractivity contribution in [3.8, 4) is 0 Å². The number of nitrogens with two attached hydrogens (primary N) is 1. The number of aliphatic hydroxyl groups excluding tert-OH is 1. The van der Waals surface area contributed by atoms with Crippen LogP contribution in [-0.2, 0) is 7.80 Å². The van der Waals surface area contributed by atoms with Gasteiger partial charge in [-0.25, -0.2) is 4.79 Å². The second-order valence-corrected chi connectivity index (χ2v) is 4.38.